The molecular weight excluding hydrogens is 384 g/mol. The van der Waals surface area contributed by atoms with Crippen LogP contribution in [0.15, 0.2) is 43.0 Å². The maximum absolute atomic E-state index is 12.6. The van der Waals surface area contributed by atoms with Crippen molar-refractivity contribution in [2.24, 2.45) is 0 Å². The van der Waals surface area contributed by atoms with Gasteiger partial charge in [-0.15, -0.1) is 0 Å². The number of hydrazine groups is 1. The van der Waals surface area contributed by atoms with Crippen molar-refractivity contribution in [3.63, 3.8) is 0 Å². The minimum absolute atomic E-state index is 0.111. The molecule has 156 valence electrons. The fraction of sp³-hybridized carbons (Fsp3) is 0.333. The van der Waals surface area contributed by atoms with Gasteiger partial charge in [-0.25, -0.2) is 15.0 Å². The molecule has 9 heteroatoms. The molecule has 1 aliphatic heterocycles. The lowest BCUT2D eigenvalue weighted by Crippen LogP contribution is -2.45. The molecule has 1 amide bonds. The van der Waals surface area contributed by atoms with E-state index in [9.17, 15) is 4.79 Å². The molecule has 0 bridgehead atoms. The smallest absolute Gasteiger partial charge is 0.238 e. The van der Waals surface area contributed by atoms with Crippen molar-refractivity contribution in [3.05, 3.63) is 54.2 Å². The number of aromatic nitrogens is 4. The monoisotopic (exact) mass is 408 g/mol. The van der Waals surface area contributed by atoms with Gasteiger partial charge in [0.15, 0.2) is 17.3 Å². The second-order valence-electron chi connectivity index (χ2n) is 7.10. The summed E-state index contributed by atoms with van der Waals surface area (Å²) in [6, 6.07) is 7.34. The van der Waals surface area contributed by atoms with Gasteiger partial charge in [-0.2, -0.15) is 4.98 Å². The summed E-state index contributed by atoms with van der Waals surface area (Å²) >= 11 is 0. The first-order valence-corrected chi connectivity index (χ1v) is 9.71. The number of carbonyl (C=O) groups excluding carboxylic acids is 1. The van der Waals surface area contributed by atoms with Gasteiger partial charge in [0.1, 0.15) is 19.5 Å². The normalized spacial score (nSPS) is 13.6. The van der Waals surface area contributed by atoms with Crippen LogP contribution in [0.1, 0.15) is 31.1 Å². The average Bonchev–Trinajstić information content (AvgIpc) is 3.27. The van der Waals surface area contributed by atoms with Crippen LogP contribution in [0, 0.1) is 6.92 Å². The van der Waals surface area contributed by atoms with Gasteiger partial charge in [-0.3, -0.25) is 14.4 Å². The molecule has 9 nitrogen and oxygen atoms in total. The van der Waals surface area contributed by atoms with Gasteiger partial charge in [0.25, 0.3) is 0 Å². The van der Waals surface area contributed by atoms with Gasteiger partial charge < -0.3 is 9.47 Å². The minimum Gasteiger partial charge on any atom is -0.486 e. The molecule has 0 N–H and O–H groups in total. The standard InChI is InChI=1S/C21H24N6O3/c1-14-11-20(24-21(23-14)26-8-7-22-13-26)25(4)27(16(3)28)15(2)17-5-6-18-19(12-17)30-10-9-29-18/h5-8,11-13,15H,9-10H2,1-4H3. The minimum atomic E-state index is -0.254. The van der Waals surface area contributed by atoms with E-state index in [0.717, 1.165) is 17.0 Å². The van der Waals surface area contributed by atoms with E-state index >= 15 is 0 Å². The third-order valence-corrected chi connectivity index (χ3v) is 4.96. The highest BCUT2D eigenvalue weighted by atomic mass is 16.6. The molecule has 1 unspecified atom stereocenters. The van der Waals surface area contributed by atoms with Crippen LogP contribution < -0.4 is 14.5 Å². The van der Waals surface area contributed by atoms with Crippen LogP contribution in [0.4, 0.5) is 5.82 Å². The number of imidazole rings is 1. The van der Waals surface area contributed by atoms with Gasteiger partial charge >= 0.3 is 0 Å². The van der Waals surface area contributed by atoms with Crippen molar-refractivity contribution in [1.29, 1.82) is 0 Å². The molecule has 3 heterocycles. The predicted molar refractivity (Wildman–Crippen MR) is 111 cm³/mol. The van der Waals surface area contributed by atoms with E-state index in [0.29, 0.717) is 30.7 Å². The number of hydrogen-bond acceptors (Lipinski definition) is 7. The third kappa shape index (κ3) is 3.78. The van der Waals surface area contributed by atoms with E-state index in [-0.39, 0.29) is 11.9 Å². The summed E-state index contributed by atoms with van der Waals surface area (Å²) in [7, 11) is 1.81. The first-order chi connectivity index (χ1) is 14.4. The van der Waals surface area contributed by atoms with Gasteiger partial charge in [-0.05, 0) is 31.5 Å². The number of amides is 1. The van der Waals surface area contributed by atoms with Crippen molar-refractivity contribution >= 4 is 11.7 Å². The number of hydrogen-bond donors (Lipinski definition) is 0. The zero-order valence-electron chi connectivity index (χ0n) is 17.4. The van der Waals surface area contributed by atoms with Crippen molar-refractivity contribution in [2.45, 2.75) is 26.8 Å². The van der Waals surface area contributed by atoms with E-state index in [1.165, 1.54) is 6.92 Å². The number of aryl methyl sites for hydroxylation is 1. The van der Waals surface area contributed by atoms with Crippen molar-refractivity contribution < 1.29 is 14.3 Å². The predicted octanol–water partition coefficient (Wildman–Crippen LogP) is 2.70. The molecule has 0 saturated carbocycles. The number of carbonyl (C=O) groups is 1. The Morgan fingerprint density at radius 3 is 2.63 bits per heavy atom. The number of ether oxygens (including phenoxy) is 2. The Balaban J connectivity index is 1.67. The highest BCUT2D eigenvalue weighted by molar-refractivity contribution is 5.75. The van der Waals surface area contributed by atoms with Crippen molar-refractivity contribution in [3.8, 4) is 17.4 Å². The lowest BCUT2D eigenvalue weighted by Gasteiger charge is -2.37. The molecule has 0 fully saturated rings. The maximum atomic E-state index is 12.6. The highest BCUT2D eigenvalue weighted by Gasteiger charge is 2.26. The van der Waals surface area contributed by atoms with Crippen LogP contribution in [0.3, 0.4) is 0 Å². The molecule has 0 radical (unpaired) electrons. The van der Waals surface area contributed by atoms with Crippen LogP contribution in [0.25, 0.3) is 5.95 Å². The first kappa shape index (κ1) is 19.7. The Kier molecular flexibility index (Phi) is 5.26. The molecular formula is C21H24N6O3. The van der Waals surface area contributed by atoms with Gasteiger partial charge in [0.05, 0.1) is 6.04 Å². The second kappa shape index (κ2) is 8.02. The number of fused-ring (bicyclic) bond motifs is 1. The van der Waals surface area contributed by atoms with E-state index in [4.69, 9.17) is 9.47 Å². The zero-order valence-corrected chi connectivity index (χ0v) is 17.4. The van der Waals surface area contributed by atoms with Crippen LogP contribution in [-0.2, 0) is 4.79 Å². The summed E-state index contributed by atoms with van der Waals surface area (Å²) in [6.07, 6.45) is 5.08. The Hall–Kier alpha value is -3.62. The fourth-order valence-electron chi connectivity index (χ4n) is 3.51. The summed E-state index contributed by atoms with van der Waals surface area (Å²) in [5.41, 5.74) is 1.72. The number of nitrogens with zero attached hydrogens (tertiary/aromatic N) is 6. The Morgan fingerprint density at radius 1 is 1.17 bits per heavy atom. The topological polar surface area (TPSA) is 85.6 Å². The van der Waals surface area contributed by atoms with E-state index in [1.807, 2.05) is 45.2 Å². The van der Waals surface area contributed by atoms with Crippen LogP contribution in [0.5, 0.6) is 11.5 Å². The summed E-state index contributed by atoms with van der Waals surface area (Å²) < 4.78 is 13.0. The molecule has 1 atom stereocenters. The Bertz CT molecular complexity index is 1050. The molecule has 0 saturated heterocycles. The van der Waals surface area contributed by atoms with Crippen LogP contribution in [0.2, 0.25) is 0 Å². The SMILES string of the molecule is CC(=O)N(C(C)c1ccc2c(c1)OCCO2)N(C)c1cc(C)nc(-n2ccnc2)n1. The molecule has 1 aliphatic rings. The lowest BCUT2D eigenvalue weighted by molar-refractivity contribution is -0.131. The van der Waals surface area contributed by atoms with E-state index < -0.39 is 0 Å². The molecule has 30 heavy (non-hydrogen) atoms. The van der Waals surface area contributed by atoms with Gasteiger partial charge in [0.2, 0.25) is 11.9 Å². The molecule has 3 aromatic rings. The van der Waals surface area contributed by atoms with E-state index in [1.54, 1.807) is 33.3 Å². The van der Waals surface area contributed by atoms with Gasteiger partial charge in [0, 0.05) is 38.1 Å². The van der Waals surface area contributed by atoms with Crippen molar-refractivity contribution in [1.82, 2.24) is 24.5 Å². The molecule has 0 aliphatic carbocycles. The summed E-state index contributed by atoms with van der Waals surface area (Å²) in [5.74, 6) is 2.39. The average molecular weight is 408 g/mol. The number of anilines is 1. The first-order valence-electron chi connectivity index (χ1n) is 9.71. The van der Waals surface area contributed by atoms with Crippen LogP contribution >= 0.6 is 0 Å². The summed E-state index contributed by atoms with van der Waals surface area (Å²) in [6.45, 7) is 6.45. The number of rotatable bonds is 5. The molecule has 0 spiro atoms. The maximum Gasteiger partial charge on any atom is 0.238 e. The third-order valence-electron chi connectivity index (χ3n) is 4.96. The number of benzene rings is 1. The molecule has 1 aromatic carbocycles. The highest BCUT2D eigenvalue weighted by Crippen LogP contribution is 2.34. The molecule has 4 rings (SSSR count). The zero-order chi connectivity index (χ0) is 21.3. The largest absolute Gasteiger partial charge is 0.486 e. The quantitative estimate of drug-likeness (QED) is 0.600. The van der Waals surface area contributed by atoms with Crippen molar-refractivity contribution in [2.75, 3.05) is 25.3 Å². The van der Waals surface area contributed by atoms with E-state index in [2.05, 4.69) is 15.0 Å². The summed E-state index contributed by atoms with van der Waals surface area (Å²) in [4.78, 5) is 25.8. The fourth-order valence-corrected chi connectivity index (χ4v) is 3.51. The summed E-state index contributed by atoms with van der Waals surface area (Å²) in [5, 5.41) is 3.41. The Labute approximate surface area is 174 Å². The Morgan fingerprint density at radius 2 is 1.93 bits per heavy atom. The second-order valence-corrected chi connectivity index (χ2v) is 7.10. The lowest BCUT2D eigenvalue weighted by atomic mass is 10.1. The molecule has 2 aromatic heterocycles. The van der Waals surface area contributed by atoms with Gasteiger partial charge in [-0.1, -0.05) is 6.07 Å². The van der Waals surface area contributed by atoms with Crippen LogP contribution in [-0.4, -0.2) is 50.7 Å².